The fourth-order valence-electron chi connectivity index (χ4n) is 3.84. The molecule has 148 valence electrons. The van der Waals surface area contributed by atoms with Gasteiger partial charge in [0.2, 0.25) is 5.91 Å². The van der Waals surface area contributed by atoms with Crippen LogP contribution in [0.3, 0.4) is 0 Å². The van der Waals surface area contributed by atoms with Gasteiger partial charge in [0.1, 0.15) is 6.04 Å². The summed E-state index contributed by atoms with van der Waals surface area (Å²) in [6, 6.07) is 16.8. The molecule has 0 spiro atoms. The fraction of sp³-hybridized carbons (Fsp3) is 0.364. The molecule has 0 aromatic heterocycles. The van der Waals surface area contributed by atoms with Crippen molar-refractivity contribution in [2.45, 2.75) is 38.9 Å². The Labute approximate surface area is 171 Å². The maximum atomic E-state index is 13.0. The van der Waals surface area contributed by atoms with Crippen LogP contribution in [0.5, 0.6) is 0 Å². The molecule has 2 atom stereocenters. The molecule has 2 aromatic rings. The molecule has 0 aliphatic carbocycles. The van der Waals surface area contributed by atoms with Crippen LogP contribution < -0.4 is 10.6 Å². The highest BCUT2D eigenvalue weighted by Gasteiger charge is 2.47. The molecule has 1 aliphatic rings. The smallest absolute Gasteiger partial charge is 0.326 e. The molecule has 2 aromatic carbocycles. The van der Waals surface area contributed by atoms with Crippen LogP contribution in [0, 0.1) is 5.41 Å². The first-order chi connectivity index (χ1) is 13.2. The van der Waals surface area contributed by atoms with E-state index in [0.717, 1.165) is 10.6 Å². The maximum Gasteiger partial charge on any atom is 0.326 e. The minimum absolute atomic E-state index is 0.0697. The molecule has 1 heterocycles. The quantitative estimate of drug-likeness (QED) is 0.779. The van der Waals surface area contributed by atoms with E-state index >= 15 is 0 Å². The number of carbonyl (C=O) groups excluding carboxylic acids is 1. The molecule has 6 heteroatoms. The van der Waals surface area contributed by atoms with Gasteiger partial charge in [-0.25, -0.2) is 4.79 Å². The topological polar surface area (TPSA) is 57.6 Å². The lowest BCUT2D eigenvalue weighted by Crippen LogP contribution is -2.46. The molecule has 1 unspecified atom stereocenters. The van der Waals surface area contributed by atoms with Gasteiger partial charge in [0, 0.05) is 23.7 Å². The molecule has 3 rings (SSSR count). The lowest BCUT2D eigenvalue weighted by atomic mass is 9.94. The van der Waals surface area contributed by atoms with Crippen molar-refractivity contribution in [1.29, 1.82) is 0 Å². The van der Waals surface area contributed by atoms with E-state index in [9.17, 15) is 14.7 Å². The monoisotopic (exact) mass is 415 g/mol. The number of amides is 1. The van der Waals surface area contributed by atoms with Gasteiger partial charge in [0.25, 0.3) is 0 Å². The van der Waals surface area contributed by atoms with Gasteiger partial charge < -0.3 is 10.0 Å². The molecule has 0 saturated carbocycles. The highest BCUT2D eigenvalue weighted by Crippen LogP contribution is 2.53. The Hall–Kier alpha value is -1.97. The zero-order chi connectivity index (χ0) is 20.5. The lowest BCUT2D eigenvalue weighted by molar-refractivity contribution is -0.151. The Balaban J connectivity index is 2.08. The van der Waals surface area contributed by atoms with Crippen molar-refractivity contribution in [3.05, 3.63) is 60.7 Å². The third-order valence-electron chi connectivity index (χ3n) is 5.26. The van der Waals surface area contributed by atoms with Crippen LogP contribution in [0.15, 0.2) is 60.7 Å². The van der Waals surface area contributed by atoms with Crippen LogP contribution in [0.2, 0.25) is 0 Å². The zero-order valence-corrected chi connectivity index (χ0v) is 18.1. The van der Waals surface area contributed by atoms with E-state index in [1.54, 1.807) is 4.90 Å². The Morgan fingerprint density at radius 1 is 1.00 bits per heavy atom. The summed E-state index contributed by atoms with van der Waals surface area (Å²) in [6.07, 6.45) is 0.387. The molecule has 1 aliphatic heterocycles. The van der Waals surface area contributed by atoms with Crippen LogP contribution in [-0.2, 0) is 21.4 Å². The molecule has 0 bridgehead atoms. The molecule has 0 radical (unpaired) electrons. The molecule has 1 amide bonds. The minimum Gasteiger partial charge on any atom is -0.480 e. The summed E-state index contributed by atoms with van der Waals surface area (Å²) in [5, 5.41) is 11.9. The molecule has 28 heavy (non-hydrogen) atoms. The number of hydrogen-bond acceptors (Lipinski definition) is 3. The third kappa shape index (κ3) is 3.78. The van der Waals surface area contributed by atoms with Crippen LogP contribution in [-0.4, -0.2) is 40.1 Å². The maximum absolute atomic E-state index is 13.0. The zero-order valence-electron chi connectivity index (χ0n) is 16.4. The second-order valence-electron chi connectivity index (χ2n) is 8.28. The van der Waals surface area contributed by atoms with Crippen molar-refractivity contribution in [3.63, 3.8) is 0 Å². The average Bonchev–Trinajstić information content (AvgIpc) is 3.13. The largest absolute Gasteiger partial charge is 0.480 e. The molecular weight excluding hydrogens is 389 g/mol. The van der Waals surface area contributed by atoms with E-state index in [0.29, 0.717) is 13.0 Å². The van der Waals surface area contributed by atoms with Crippen molar-refractivity contribution in [1.82, 2.24) is 4.90 Å². The number of rotatable bonds is 4. The van der Waals surface area contributed by atoms with Gasteiger partial charge in [-0.3, -0.25) is 4.79 Å². The van der Waals surface area contributed by atoms with E-state index in [1.165, 1.54) is 0 Å². The summed E-state index contributed by atoms with van der Waals surface area (Å²) in [5.74, 6) is -1.09. The SMILES string of the molecule is CC(C)(C)C(=O)N1C[C@@H](P(=S)(c2ccccc2)c2ccccc2)CC1C(=O)O. The summed E-state index contributed by atoms with van der Waals surface area (Å²) in [7, 11) is 0. The van der Waals surface area contributed by atoms with Gasteiger partial charge in [-0.1, -0.05) is 93.2 Å². The highest BCUT2D eigenvalue weighted by molar-refractivity contribution is 8.22. The second kappa shape index (κ2) is 7.81. The summed E-state index contributed by atoms with van der Waals surface area (Å²) < 4.78 is 0. The summed E-state index contributed by atoms with van der Waals surface area (Å²) >= 11 is 6.35. The first kappa shape index (κ1) is 20.8. The van der Waals surface area contributed by atoms with Crippen LogP contribution in [0.4, 0.5) is 0 Å². The van der Waals surface area contributed by atoms with Gasteiger partial charge >= 0.3 is 5.97 Å². The van der Waals surface area contributed by atoms with E-state index in [-0.39, 0.29) is 11.6 Å². The lowest BCUT2D eigenvalue weighted by Gasteiger charge is -2.31. The normalized spacial score (nSPS) is 20.2. The summed E-state index contributed by atoms with van der Waals surface area (Å²) in [6.45, 7) is 5.86. The van der Waals surface area contributed by atoms with Crippen molar-refractivity contribution in [2.24, 2.45) is 5.41 Å². The van der Waals surface area contributed by atoms with E-state index in [2.05, 4.69) is 0 Å². The third-order valence-corrected chi connectivity index (χ3v) is 11.0. The molecule has 1 N–H and O–H groups in total. The predicted octanol–water partition coefficient (Wildman–Crippen LogP) is 3.22. The summed E-state index contributed by atoms with van der Waals surface area (Å²) in [5.41, 5.74) is -0.704. The van der Waals surface area contributed by atoms with Gasteiger partial charge in [-0.15, -0.1) is 0 Å². The van der Waals surface area contributed by atoms with Crippen molar-refractivity contribution >= 4 is 40.3 Å². The van der Waals surface area contributed by atoms with E-state index in [4.69, 9.17) is 11.8 Å². The van der Waals surface area contributed by atoms with E-state index < -0.39 is 23.5 Å². The van der Waals surface area contributed by atoms with Crippen molar-refractivity contribution in [2.75, 3.05) is 6.54 Å². The average molecular weight is 415 g/mol. The van der Waals surface area contributed by atoms with Crippen LogP contribution in [0.1, 0.15) is 27.2 Å². The molecule has 1 fully saturated rings. The number of carbonyl (C=O) groups is 2. The van der Waals surface area contributed by atoms with Crippen LogP contribution in [0.25, 0.3) is 0 Å². The first-order valence-corrected chi connectivity index (χ1v) is 12.3. The Morgan fingerprint density at radius 3 is 1.86 bits per heavy atom. The van der Waals surface area contributed by atoms with E-state index in [1.807, 2.05) is 81.4 Å². The fourth-order valence-corrected chi connectivity index (χ4v) is 8.30. The standard InChI is InChI=1S/C22H26NO3PS/c1-22(2,3)21(26)23-15-18(14-19(23)20(24)25)27(28,16-10-6-4-7-11-16)17-12-8-5-9-13-17/h4-13,18-19H,14-15H2,1-3H3,(H,24,25)/t18-,19?/m0/s1. The number of benzene rings is 2. The van der Waals surface area contributed by atoms with Gasteiger partial charge in [-0.05, 0) is 17.0 Å². The van der Waals surface area contributed by atoms with Gasteiger partial charge in [0.15, 0.2) is 0 Å². The Bertz CT molecular complexity index is 865. The minimum atomic E-state index is -2.30. The number of carboxylic acid groups (broad SMARTS) is 1. The number of hydrogen-bond donors (Lipinski definition) is 1. The predicted molar refractivity (Wildman–Crippen MR) is 117 cm³/mol. The van der Waals surface area contributed by atoms with Gasteiger partial charge in [0.05, 0.1) is 0 Å². The molecule has 1 saturated heterocycles. The number of nitrogens with zero attached hydrogens (tertiary/aromatic N) is 1. The van der Waals surface area contributed by atoms with Crippen LogP contribution >= 0.6 is 6.04 Å². The summed E-state index contributed by atoms with van der Waals surface area (Å²) in [4.78, 5) is 26.5. The molecule has 4 nitrogen and oxygen atoms in total. The Morgan fingerprint density at radius 2 is 1.46 bits per heavy atom. The number of likely N-dealkylation sites (tertiary alicyclic amines) is 1. The number of carboxylic acids is 1. The Kier molecular flexibility index (Phi) is 5.79. The molecular formula is C22H26NO3PS. The highest BCUT2D eigenvalue weighted by atomic mass is 32.4. The van der Waals surface area contributed by atoms with Gasteiger partial charge in [-0.2, -0.15) is 0 Å². The van der Waals surface area contributed by atoms with Crippen molar-refractivity contribution < 1.29 is 14.7 Å². The second-order valence-corrected chi connectivity index (χ2v) is 13.1. The van der Waals surface area contributed by atoms with Crippen molar-refractivity contribution in [3.8, 4) is 0 Å². The number of aliphatic carboxylic acids is 1. The first-order valence-electron chi connectivity index (χ1n) is 9.40.